The van der Waals surface area contributed by atoms with Crippen LogP contribution in [0.5, 0.6) is 0 Å². The van der Waals surface area contributed by atoms with Crippen molar-refractivity contribution in [3.05, 3.63) is 35.6 Å². The molecule has 8 nitrogen and oxygen atoms in total. The van der Waals surface area contributed by atoms with Crippen molar-refractivity contribution in [2.24, 2.45) is 0 Å². The minimum absolute atomic E-state index is 0.103. The normalized spacial score (nSPS) is 14.2. The molecule has 0 aliphatic heterocycles. The first-order chi connectivity index (χ1) is 13.6. The fraction of sp³-hybridized carbons (Fsp3) is 0.500. The average molecular weight is 406 g/mol. The van der Waals surface area contributed by atoms with E-state index in [0.29, 0.717) is 29.9 Å². The summed E-state index contributed by atoms with van der Waals surface area (Å²) in [4.78, 5) is 23.8. The molecule has 2 amide bonds. The Bertz CT molecular complexity index is 809. The summed E-state index contributed by atoms with van der Waals surface area (Å²) in [7, 11) is 0. The molecule has 1 saturated carbocycles. The Hall–Kier alpha value is -2.49. The lowest BCUT2D eigenvalue weighted by Gasteiger charge is -2.11. The van der Waals surface area contributed by atoms with E-state index in [2.05, 4.69) is 26.2 Å². The van der Waals surface area contributed by atoms with E-state index in [9.17, 15) is 14.0 Å². The Morgan fingerprint density at radius 3 is 2.68 bits per heavy atom. The van der Waals surface area contributed by atoms with Crippen LogP contribution in [0.15, 0.2) is 29.4 Å². The maximum Gasteiger partial charge on any atom is 0.230 e. The van der Waals surface area contributed by atoms with Gasteiger partial charge in [0.05, 0.1) is 18.2 Å². The summed E-state index contributed by atoms with van der Waals surface area (Å²) in [5, 5.41) is 17.9. The molecule has 0 spiro atoms. The predicted molar refractivity (Wildman–Crippen MR) is 102 cm³/mol. The number of nitrogens with one attached hydrogen (secondary N) is 2. The number of aromatic nitrogens is 4. The quantitative estimate of drug-likeness (QED) is 0.483. The number of benzene rings is 1. The summed E-state index contributed by atoms with van der Waals surface area (Å²) in [6, 6.07) is 6.26. The molecule has 150 valence electrons. The zero-order valence-electron chi connectivity index (χ0n) is 15.4. The van der Waals surface area contributed by atoms with Gasteiger partial charge >= 0.3 is 0 Å². The molecule has 1 fully saturated rings. The van der Waals surface area contributed by atoms with Crippen molar-refractivity contribution in [2.75, 3.05) is 18.8 Å². The monoisotopic (exact) mass is 406 g/mol. The molecular weight excluding hydrogens is 383 g/mol. The van der Waals surface area contributed by atoms with E-state index in [1.165, 1.54) is 36.7 Å². The number of hydrogen-bond acceptors (Lipinski definition) is 6. The lowest BCUT2D eigenvalue weighted by atomic mass is 10.1. The van der Waals surface area contributed by atoms with Gasteiger partial charge in [0.2, 0.25) is 17.0 Å². The van der Waals surface area contributed by atoms with Crippen LogP contribution in [0.2, 0.25) is 0 Å². The molecule has 2 N–H and O–H groups in total. The Morgan fingerprint density at radius 1 is 1.18 bits per heavy atom. The zero-order chi connectivity index (χ0) is 19.8. The molecular formula is C18H23FN6O2S. The summed E-state index contributed by atoms with van der Waals surface area (Å²) in [6.45, 7) is 0.631. The number of halogens is 1. The SMILES string of the molecule is O=C(CSc1nnnn1C1CCCC1)NCCNC(=O)Cc1cccc(F)c1. The number of hydrogen-bond donors (Lipinski definition) is 2. The van der Waals surface area contributed by atoms with Crippen molar-refractivity contribution >= 4 is 23.6 Å². The molecule has 1 aromatic heterocycles. The van der Waals surface area contributed by atoms with E-state index >= 15 is 0 Å². The highest BCUT2D eigenvalue weighted by atomic mass is 32.2. The topological polar surface area (TPSA) is 102 Å². The molecule has 0 atom stereocenters. The van der Waals surface area contributed by atoms with Gasteiger partial charge in [-0.25, -0.2) is 9.07 Å². The second kappa shape index (κ2) is 10.2. The second-order valence-corrected chi connectivity index (χ2v) is 7.58. The molecule has 0 bridgehead atoms. The Kier molecular flexibility index (Phi) is 7.35. The Balaban J connectivity index is 1.32. The third-order valence-electron chi connectivity index (χ3n) is 4.49. The van der Waals surface area contributed by atoms with E-state index in [1.54, 1.807) is 12.1 Å². The molecule has 1 heterocycles. The fourth-order valence-corrected chi connectivity index (χ4v) is 3.91. The van der Waals surface area contributed by atoms with Gasteiger partial charge in [-0.05, 0) is 41.0 Å². The summed E-state index contributed by atoms with van der Waals surface area (Å²) in [5.41, 5.74) is 0.609. The van der Waals surface area contributed by atoms with E-state index in [1.807, 2.05) is 4.68 Å². The molecule has 10 heteroatoms. The van der Waals surface area contributed by atoms with Crippen LogP contribution in [0.25, 0.3) is 0 Å². The van der Waals surface area contributed by atoms with Crippen molar-refractivity contribution in [2.45, 2.75) is 43.3 Å². The number of carbonyl (C=O) groups excluding carboxylic acids is 2. The van der Waals surface area contributed by atoms with Crippen LogP contribution in [0.4, 0.5) is 4.39 Å². The number of amides is 2. The van der Waals surface area contributed by atoms with Crippen molar-refractivity contribution in [3.63, 3.8) is 0 Å². The van der Waals surface area contributed by atoms with E-state index in [-0.39, 0.29) is 29.8 Å². The maximum absolute atomic E-state index is 13.1. The summed E-state index contributed by atoms with van der Waals surface area (Å²) in [5.74, 6) is -0.519. The highest BCUT2D eigenvalue weighted by Gasteiger charge is 2.22. The van der Waals surface area contributed by atoms with Gasteiger partial charge in [-0.1, -0.05) is 36.7 Å². The highest BCUT2D eigenvalue weighted by Crippen LogP contribution is 2.31. The smallest absolute Gasteiger partial charge is 0.230 e. The molecule has 28 heavy (non-hydrogen) atoms. The van der Waals surface area contributed by atoms with Gasteiger partial charge in [0.25, 0.3) is 0 Å². The van der Waals surface area contributed by atoms with Crippen LogP contribution >= 0.6 is 11.8 Å². The van der Waals surface area contributed by atoms with Crippen molar-refractivity contribution in [1.29, 1.82) is 0 Å². The van der Waals surface area contributed by atoms with Crippen molar-refractivity contribution < 1.29 is 14.0 Å². The lowest BCUT2D eigenvalue weighted by molar-refractivity contribution is -0.121. The van der Waals surface area contributed by atoms with Gasteiger partial charge in [-0.3, -0.25) is 9.59 Å². The molecule has 1 aromatic carbocycles. The first-order valence-electron chi connectivity index (χ1n) is 9.30. The molecule has 2 aromatic rings. The van der Waals surface area contributed by atoms with Crippen LogP contribution in [-0.2, 0) is 16.0 Å². The minimum atomic E-state index is -0.367. The van der Waals surface area contributed by atoms with Crippen LogP contribution in [0.1, 0.15) is 37.3 Å². The fourth-order valence-electron chi connectivity index (χ4n) is 3.14. The predicted octanol–water partition coefficient (Wildman–Crippen LogP) is 1.49. The van der Waals surface area contributed by atoms with Gasteiger partial charge in [-0.15, -0.1) is 5.10 Å². The van der Waals surface area contributed by atoms with Gasteiger partial charge < -0.3 is 10.6 Å². The minimum Gasteiger partial charge on any atom is -0.354 e. The summed E-state index contributed by atoms with van der Waals surface area (Å²) < 4.78 is 14.9. The number of rotatable bonds is 9. The maximum atomic E-state index is 13.1. The van der Waals surface area contributed by atoms with Crippen LogP contribution in [0.3, 0.4) is 0 Å². The lowest BCUT2D eigenvalue weighted by Crippen LogP contribution is -2.36. The third-order valence-corrected chi connectivity index (χ3v) is 5.42. The van der Waals surface area contributed by atoms with Gasteiger partial charge in [-0.2, -0.15) is 0 Å². The molecule has 3 rings (SSSR count). The summed E-state index contributed by atoms with van der Waals surface area (Å²) in [6.07, 6.45) is 4.60. The van der Waals surface area contributed by atoms with E-state index in [0.717, 1.165) is 12.8 Å². The zero-order valence-corrected chi connectivity index (χ0v) is 16.3. The standard InChI is InChI=1S/C18H23FN6O2S/c19-14-5-3-4-13(10-14)11-16(26)20-8-9-21-17(27)12-28-18-22-23-24-25(18)15-6-1-2-7-15/h3-5,10,15H,1-2,6-9,11-12H2,(H,20,26)(H,21,27). The number of thioether (sulfide) groups is 1. The van der Waals surface area contributed by atoms with Crippen LogP contribution < -0.4 is 10.6 Å². The number of carbonyl (C=O) groups is 2. The molecule has 1 aliphatic carbocycles. The third kappa shape index (κ3) is 6.01. The molecule has 1 aliphatic rings. The Labute approximate surface area is 166 Å². The molecule has 0 radical (unpaired) electrons. The first kappa shape index (κ1) is 20.2. The van der Waals surface area contributed by atoms with E-state index < -0.39 is 0 Å². The van der Waals surface area contributed by atoms with Crippen LogP contribution in [0, 0.1) is 5.82 Å². The van der Waals surface area contributed by atoms with Gasteiger partial charge in [0.15, 0.2) is 0 Å². The van der Waals surface area contributed by atoms with Gasteiger partial charge in [0.1, 0.15) is 5.82 Å². The first-order valence-corrected chi connectivity index (χ1v) is 10.3. The van der Waals surface area contributed by atoms with Crippen molar-refractivity contribution in [1.82, 2.24) is 30.8 Å². The number of tetrazole rings is 1. The largest absolute Gasteiger partial charge is 0.354 e. The number of nitrogens with zero attached hydrogens (tertiary/aromatic N) is 4. The highest BCUT2D eigenvalue weighted by molar-refractivity contribution is 7.99. The van der Waals surface area contributed by atoms with Gasteiger partial charge in [0, 0.05) is 13.1 Å². The average Bonchev–Trinajstić information content (AvgIpc) is 3.34. The molecule has 0 unspecified atom stereocenters. The van der Waals surface area contributed by atoms with E-state index in [4.69, 9.17) is 0 Å². The van der Waals surface area contributed by atoms with Crippen LogP contribution in [-0.4, -0.2) is 50.9 Å². The van der Waals surface area contributed by atoms with Crippen molar-refractivity contribution in [3.8, 4) is 0 Å². The second-order valence-electron chi connectivity index (χ2n) is 6.64. The summed E-state index contributed by atoms with van der Waals surface area (Å²) >= 11 is 1.31. The molecule has 0 saturated heterocycles. The Morgan fingerprint density at radius 2 is 1.93 bits per heavy atom.